The first-order chi connectivity index (χ1) is 10.2. The Kier molecular flexibility index (Phi) is 4.32. The number of rotatable bonds is 6. The minimum Gasteiger partial charge on any atom is -0.370 e. The van der Waals surface area contributed by atoms with E-state index < -0.39 is 0 Å². The fourth-order valence-corrected chi connectivity index (χ4v) is 3.42. The molecule has 0 unspecified atom stereocenters. The summed E-state index contributed by atoms with van der Waals surface area (Å²) < 4.78 is 0. The number of hydrogen-bond donors (Lipinski definition) is 1. The summed E-state index contributed by atoms with van der Waals surface area (Å²) in [5.41, 5.74) is 1.20. The molecule has 1 N–H and O–H groups in total. The smallest absolute Gasteiger partial charge is 0.137 e. The van der Waals surface area contributed by atoms with E-state index in [4.69, 9.17) is 9.97 Å². The predicted octanol–water partition coefficient (Wildman–Crippen LogP) is 3.72. The van der Waals surface area contributed by atoms with Gasteiger partial charge in [-0.15, -0.1) is 0 Å². The van der Waals surface area contributed by atoms with Crippen molar-refractivity contribution in [2.45, 2.75) is 58.3 Å². The van der Waals surface area contributed by atoms with Crippen molar-refractivity contribution in [3.8, 4) is 0 Å². The lowest BCUT2D eigenvalue weighted by atomic mass is 10.1. The van der Waals surface area contributed by atoms with Crippen LogP contribution in [-0.4, -0.2) is 30.1 Å². The van der Waals surface area contributed by atoms with Crippen molar-refractivity contribution in [3.63, 3.8) is 0 Å². The highest BCUT2D eigenvalue weighted by Crippen LogP contribution is 2.40. The van der Waals surface area contributed by atoms with Crippen LogP contribution < -0.4 is 10.2 Å². The Morgan fingerprint density at radius 1 is 1.14 bits per heavy atom. The van der Waals surface area contributed by atoms with Crippen molar-refractivity contribution >= 4 is 11.6 Å². The Labute approximate surface area is 128 Å². The normalized spacial score (nSPS) is 19.0. The molecule has 4 nitrogen and oxygen atoms in total. The summed E-state index contributed by atoms with van der Waals surface area (Å²) in [6.07, 6.45) is 8.06. The van der Waals surface area contributed by atoms with Crippen LogP contribution in [0.5, 0.6) is 0 Å². The second-order valence-corrected chi connectivity index (χ2v) is 6.71. The van der Waals surface area contributed by atoms with Gasteiger partial charge in [0.05, 0.1) is 0 Å². The Morgan fingerprint density at radius 3 is 2.48 bits per heavy atom. The Bertz CT molecular complexity index is 490. The predicted molar refractivity (Wildman–Crippen MR) is 88.1 cm³/mol. The number of hydrogen-bond acceptors (Lipinski definition) is 4. The number of aromatic nitrogens is 2. The standard InChI is InChI=1S/C17H28N4/c1-4-18-15-12(2)17(20-16(19-15)14-9-10-14)21(3)11-13-7-5-6-8-13/h13-14H,4-11H2,1-3H3,(H,18,19,20). The molecule has 0 bridgehead atoms. The van der Waals surface area contributed by atoms with Crippen molar-refractivity contribution in [1.29, 1.82) is 0 Å². The minimum absolute atomic E-state index is 0.599. The van der Waals surface area contributed by atoms with Crippen LogP contribution in [-0.2, 0) is 0 Å². The van der Waals surface area contributed by atoms with E-state index in [1.165, 1.54) is 44.1 Å². The fraction of sp³-hybridized carbons (Fsp3) is 0.765. The molecule has 21 heavy (non-hydrogen) atoms. The van der Waals surface area contributed by atoms with E-state index in [1.807, 2.05) is 0 Å². The van der Waals surface area contributed by atoms with E-state index >= 15 is 0 Å². The fourth-order valence-electron chi connectivity index (χ4n) is 3.42. The Hall–Kier alpha value is -1.32. The molecule has 0 amide bonds. The van der Waals surface area contributed by atoms with Gasteiger partial charge in [-0.2, -0.15) is 0 Å². The van der Waals surface area contributed by atoms with Gasteiger partial charge in [-0.05, 0) is 45.4 Å². The van der Waals surface area contributed by atoms with Crippen LogP contribution >= 0.6 is 0 Å². The van der Waals surface area contributed by atoms with Gasteiger partial charge in [-0.1, -0.05) is 12.8 Å². The highest BCUT2D eigenvalue weighted by atomic mass is 15.2. The zero-order valence-corrected chi connectivity index (χ0v) is 13.7. The molecule has 1 aromatic rings. The molecule has 2 aliphatic carbocycles. The molecule has 3 rings (SSSR count). The van der Waals surface area contributed by atoms with Crippen molar-refractivity contribution in [2.75, 3.05) is 30.4 Å². The number of nitrogens with one attached hydrogen (secondary N) is 1. The summed E-state index contributed by atoms with van der Waals surface area (Å²) in [5, 5.41) is 3.41. The van der Waals surface area contributed by atoms with Crippen LogP contribution in [0, 0.1) is 12.8 Å². The van der Waals surface area contributed by atoms with Crippen molar-refractivity contribution in [1.82, 2.24) is 9.97 Å². The maximum absolute atomic E-state index is 4.89. The number of nitrogens with zero attached hydrogens (tertiary/aromatic N) is 3. The van der Waals surface area contributed by atoms with Crippen molar-refractivity contribution in [3.05, 3.63) is 11.4 Å². The van der Waals surface area contributed by atoms with E-state index in [2.05, 4.69) is 31.1 Å². The lowest BCUT2D eigenvalue weighted by molar-refractivity contribution is 0.544. The molecule has 0 atom stereocenters. The lowest BCUT2D eigenvalue weighted by Crippen LogP contribution is -2.26. The van der Waals surface area contributed by atoms with Gasteiger partial charge in [-0.3, -0.25) is 0 Å². The topological polar surface area (TPSA) is 41.1 Å². The summed E-state index contributed by atoms with van der Waals surface area (Å²) in [5.74, 6) is 4.65. The number of anilines is 2. The van der Waals surface area contributed by atoms with Crippen LogP contribution in [0.15, 0.2) is 0 Å². The van der Waals surface area contributed by atoms with E-state index in [0.717, 1.165) is 36.5 Å². The first-order valence-electron chi connectivity index (χ1n) is 8.52. The molecular formula is C17H28N4. The minimum atomic E-state index is 0.599. The van der Waals surface area contributed by atoms with Gasteiger partial charge in [0, 0.05) is 31.6 Å². The van der Waals surface area contributed by atoms with Crippen LogP contribution in [0.4, 0.5) is 11.6 Å². The summed E-state index contributed by atoms with van der Waals surface area (Å²) in [6.45, 7) is 6.32. The zero-order valence-electron chi connectivity index (χ0n) is 13.7. The molecule has 2 aliphatic rings. The molecule has 0 saturated heterocycles. The molecular weight excluding hydrogens is 260 g/mol. The average Bonchev–Trinajstić information content (AvgIpc) is 3.20. The molecule has 1 heterocycles. The SMILES string of the molecule is CCNc1nc(C2CC2)nc(N(C)CC2CCCC2)c1C. The lowest BCUT2D eigenvalue weighted by Gasteiger charge is -2.25. The summed E-state index contributed by atoms with van der Waals surface area (Å²) >= 11 is 0. The second-order valence-electron chi connectivity index (χ2n) is 6.71. The quantitative estimate of drug-likeness (QED) is 0.866. The second kappa shape index (κ2) is 6.20. The molecule has 0 spiro atoms. The first-order valence-corrected chi connectivity index (χ1v) is 8.52. The molecule has 2 fully saturated rings. The highest BCUT2D eigenvalue weighted by molar-refractivity contribution is 5.58. The average molecular weight is 288 g/mol. The van der Waals surface area contributed by atoms with E-state index in [-0.39, 0.29) is 0 Å². The third kappa shape index (κ3) is 3.30. The molecule has 0 aliphatic heterocycles. The molecule has 4 heteroatoms. The third-order valence-electron chi connectivity index (χ3n) is 4.79. The molecule has 0 aromatic carbocycles. The van der Waals surface area contributed by atoms with Crippen molar-refractivity contribution in [2.24, 2.45) is 5.92 Å². The summed E-state index contributed by atoms with van der Waals surface area (Å²) in [4.78, 5) is 12.0. The first kappa shape index (κ1) is 14.6. The third-order valence-corrected chi connectivity index (χ3v) is 4.79. The highest BCUT2D eigenvalue weighted by Gasteiger charge is 2.29. The maximum Gasteiger partial charge on any atom is 0.137 e. The molecule has 0 radical (unpaired) electrons. The Balaban J connectivity index is 1.83. The molecule has 1 aromatic heterocycles. The largest absolute Gasteiger partial charge is 0.370 e. The summed E-state index contributed by atoms with van der Waals surface area (Å²) in [6, 6.07) is 0. The van der Waals surface area contributed by atoms with Gasteiger partial charge in [0.1, 0.15) is 17.5 Å². The molecule has 116 valence electrons. The van der Waals surface area contributed by atoms with E-state index in [0.29, 0.717) is 5.92 Å². The van der Waals surface area contributed by atoms with E-state index in [1.54, 1.807) is 0 Å². The zero-order chi connectivity index (χ0) is 14.8. The molecule has 2 saturated carbocycles. The van der Waals surface area contributed by atoms with Crippen LogP contribution in [0.2, 0.25) is 0 Å². The summed E-state index contributed by atoms with van der Waals surface area (Å²) in [7, 11) is 2.19. The van der Waals surface area contributed by atoms with Crippen molar-refractivity contribution < 1.29 is 0 Å². The maximum atomic E-state index is 4.89. The van der Waals surface area contributed by atoms with Gasteiger partial charge >= 0.3 is 0 Å². The van der Waals surface area contributed by atoms with Gasteiger partial charge in [0.15, 0.2) is 0 Å². The van der Waals surface area contributed by atoms with Crippen LogP contribution in [0.25, 0.3) is 0 Å². The van der Waals surface area contributed by atoms with Gasteiger partial charge in [-0.25, -0.2) is 9.97 Å². The monoisotopic (exact) mass is 288 g/mol. The van der Waals surface area contributed by atoms with Crippen LogP contribution in [0.1, 0.15) is 62.8 Å². The van der Waals surface area contributed by atoms with Gasteiger partial charge in [0.25, 0.3) is 0 Å². The van der Waals surface area contributed by atoms with Gasteiger partial charge in [0.2, 0.25) is 0 Å². The van der Waals surface area contributed by atoms with E-state index in [9.17, 15) is 0 Å². The van der Waals surface area contributed by atoms with Gasteiger partial charge < -0.3 is 10.2 Å². The van der Waals surface area contributed by atoms with Crippen LogP contribution in [0.3, 0.4) is 0 Å². The Morgan fingerprint density at radius 2 is 1.86 bits per heavy atom.